The standard InChI is InChI=1S/C44H26N4/c1-2-10-30(11-3-1)47-38-15-6-5-13-33(38)36-23-27(18-20-40(36)47)28-17-19-34-32-12-4-7-16-39(32)48(41(34)24-28)42-25-29-9-8-14-35-31-21-22-45-26-37(31)44(46-42)43(29)35/h1-26H. The van der Waals surface area contributed by atoms with E-state index in [1.165, 1.54) is 71.3 Å². The molecule has 0 radical (unpaired) electrons. The number of para-hydroxylation sites is 3. The van der Waals surface area contributed by atoms with Gasteiger partial charge in [0, 0.05) is 50.6 Å². The van der Waals surface area contributed by atoms with Crippen LogP contribution in [0.3, 0.4) is 0 Å². The summed E-state index contributed by atoms with van der Waals surface area (Å²) in [5.74, 6) is 0.913. The average molecular weight is 611 g/mol. The molecule has 0 aliphatic heterocycles. The number of fused-ring (bicyclic) bond motifs is 9. The maximum absolute atomic E-state index is 5.38. The Kier molecular flexibility index (Phi) is 5.08. The number of hydrogen-bond donors (Lipinski definition) is 0. The van der Waals surface area contributed by atoms with Crippen LogP contribution in [0.4, 0.5) is 0 Å². The highest BCUT2D eigenvalue weighted by atomic mass is 15.1. The number of aromatic nitrogens is 4. The summed E-state index contributed by atoms with van der Waals surface area (Å²) >= 11 is 0. The first-order valence-corrected chi connectivity index (χ1v) is 16.3. The smallest absolute Gasteiger partial charge is 0.138 e. The topological polar surface area (TPSA) is 35.6 Å². The van der Waals surface area contributed by atoms with E-state index in [0.717, 1.165) is 28.1 Å². The zero-order chi connectivity index (χ0) is 31.3. The summed E-state index contributed by atoms with van der Waals surface area (Å²) in [5.41, 5.74) is 12.7. The minimum Gasteiger partial charge on any atom is -0.309 e. The molecule has 0 fully saturated rings. The Morgan fingerprint density at radius 2 is 1.15 bits per heavy atom. The summed E-state index contributed by atoms with van der Waals surface area (Å²) in [6, 6.07) is 52.6. The van der Waals surface area contributed by atoms with Crippen LogP contribution in [0.5, 0.6) is 0 Å². The van der Waals surface area contributed by atoms with Crippen molar-refractivity contribution < 1.29 is 0 Å². The second-order valence-electron chi connectivity index (χ2n) is 12.7. The van der Waals surface area contributed by atoms with Gasteiger partial charge >= 0.3 is 0 Å². The van der Waals surface area contributed by atoms with Crippen molar-refractivity contribution >= 4 is 54.4 Å². The summed E-state index contributed by atoms with van der Waals surface area (Å²) in [7, 11) is 0. The van der Waals surface area contributed by atoms with Crippen LogP contribution in [0.1, 0.15) is 0 Å². The third kappa shape index (κ3) is 3.43. The molecule has 1 aliphatic rings. The van der Waals surface area contributed by atoms with Gasteiger partial charge in [-0.1, -0.05) is 91.0 Å². The molecule has 0 unspecified atom stereocenters. The first-order valence-electron chi connectivity index (χ1n) is 16.3. The molecule has 11 rings (SSSR count). The lowest BCUT2D eigenvalue weighted by Crippen LogP contribution is -1.99. The van der Waals surface area contributed by atoms with Crippen molar-refractivity contribution in [2.24, 2.45) is 0 Å². The van der Waals surface area contributed by atoms with Crippen molar-refractivity contribution in [3.8, 4) is 45.0 Å². The molecule has 0 spiro atoms. The Labute approximate surface area is 275 Å². The first-order chi connectivity index (χ1) is 23.8. The molecule has 1 aliphatic carbocycles. The highest BCUT2D eigenvalue weighted by Gasteiger charge is 2.25. The van der Waals surface area contributed by atoms with Crippen LogP contribution in [0.25, 0.3) is 99.4 Å². The molecule has 4 aromatic heterocycles. The lowest BCUT2D eigenvalue weighted by atomic mass is 10.0. The van der Waals surface area contributed by atoms with Gasteiger partial charge in [-0.15, -0.1) is 0 Å². The van der Waals surface area contributed by atoms with Crippen LogP contribution in [-0.4, -0.2) is 19.1 Å². The lowest BCUT2D eigenvalue weighted by Gasteiger charge is -2.11. The van der Waals surface area contributed by atoms with Gasteiger partial charge in [0.2, 0.25) is 0 Å². The van der Waals surface area contributed by atoms with E-state index in [1.54, 1.807) is 0 Å². The molecule has 4 heteroatoms. The van der Waals surface area contributed by atoms with Gasteiger partial charge in [-0.2, -0.15) is 0 Å². The SMILES string of the molecule is c1ccc(-n2c3ccccc3c3cc(-c4ccc5c6ccccc6n(-c6cc7cccc8c7c(n6)-c6cnccc6-8)c5c4)ccc32)cc1. The molecule has 4 heterocycles. The van der Waals surface area contributed by atoms with Crippen molar-refractivity contribution in [3.63, 3.8) is 0 Å². The normalized spacial score (nSPS) is 12.2. The number of pyridine rings is 2. The largest absolute Gasteiger partial charge is 0.309 e. The maximum Gasteiger partial charge on any atom is 0.138 e. The van der Waals surface area contributed by atoms with Crippen molar-refractivity contribution in [1.82, 2.24) is 19.1 Å². The van der Waals surface area contributed by atoms with E-state index in [9.17, 15) is 0 Å². The van der Waals surface area contributed by atoms with Gasteiger partial charge in [0.05, 0.1) is 27.8 Å². The van der Waals surface area contributed by atoms with Gasteiger partial charge in [-0.25, -0.2) is 4.98 Å². The monoisotopic (exact) mass is 610 g/mol. The molecule has 10 aromatic rings. The van der Waals surface area contributed by atoms with Crippen LogP contribution >= 0.6 is 0 Å². The minimum absolute atomic E-state index is 0.913. The maximum atomic E-state index is 5.38. The van der Waals surface area contributed by atoms with E-state index in [4.69, 9.17) is 4.98 Å². The van der Waals surface area contributed by atoms with Gasteiger partial charge in [0.1, 0.15) is 5.82 Å². The second-order valence-corrected chi connectivity index (χ2v) is 12.7. The van der Waals surface area contributed by atoms with Crippen molar-refractivity contribution in [2.45, 2.75) is 0 Å². The van der Waals surface area contributed by atoms with Crippen LogP contribution in [0.2, 0.25) is 0 Å². The van der Waals surface area contributed by atoms with Crippen molar-refractivity contribution in [1.29, 1.82) is 0 Å². The van der Waals surface area contributed by atoms with E-state index in [-0.39, 0.29) is 0 Å². The fraction of sp³-hybridized carbons (Fsp3) is 0. The summed E-state index contributed by atoms with van der Waals surface area (Å²) < 4.78 is 4.70. The van der Waals surface area contributed by atoms with Gasteiger partial charge in [-0.3, -0.25) is 9.55 Å². The predicted molar refractivity (Wildman–Crippen MR) is 198 cm³/mol. The van der Waals surface area contributed by atoms with Crippen LogP contribution in [0.15, 0.2) is 158 Å². The van der Waals surface area contributed by atoms with Crippen LogP contribution < -0.4 is 0 Å². The Bertz CT molecular complexity index is 2950. The molecule has 0 amide bonds. The highest BCUT2D eigenvalue weighted by molar-refractivity contribution is 6.15. The van der Waals surface area contributed by atoms with Gasteiger partial charge < -0.3 is 4.57 Å². The van der Waals surface area contributed by atoms with Gasteiger partial charge in [0.25, 0.3) is 0 Å². The number of benzene rings is 6. The van der Waals surface area contributed by atoms with E-state index in [2.05, 4.69) is 160 Å². The van der Waals surface area contributed by atoms with E-state index in [1.807, 2.05) is 12.4 Å². The highest BCUT2D eigenvalue weighted by Crippen LogP contribution is 2.47. The molecular weight excluding hydrogens is 585 g/mol. The third-order valence-electron chi connectivity index (χ3n) is 10.1. The van der Waals surface area contributed by atoms with Crippen LogP contribution in [0, 0.1) is 0 Å². The summed E-state index contributed by atoms with van der Waals surface area (Å²) in [6.07, 6.45) is 3.82. The molecule has 6 aromatic carbocycles. The summed E-state index contributed by atoms with van der Waals surface area (Å²) in [6.45, 7) is 0. The molecule has 0 saturated carbocycles. The third-order valence-corrected chi connectivity index (χ3v) is 10.1. The first kappa shape index (κ1) is 25.6. The lowest BCUT2D eigenvalue weighted by molar-refractivity contribution is 1.09. The van der Waals surface area contributed by atoms with E-state index >= 15 is 0 Å². The average Bonchev–Trinajstić information content (AvgIpc) is 3.78. The van der Waals surface area contributed by atoms with Crippen LogP contribution in [-0.2, 0) is 0 Å². The number of nitrogens with zero attached hydrogens (tertiary/aromatic N) is 4. The molecule has 0 bridgehead atoms. The summed E-state index contributed by atoms with van der Waals surface area (Å²) in [5, 5.41) is 7.32. The Morgan fingerprint density at radius 1 is 0.438 bits per heavy atom. The zero-order valence-corrected chi connectivity index (χ0v) is 25.8. The fourth-order valence-electron chi connectivity index (χ4n) is 8.05. The van der Waals surface area contributed by atoms with E-state index < -0.39 is 0 Å². The predicted octanol–water partition coefficient (Wildman–Crippen LogP) is 11.1. The Balaban J connectivity index is 1.15. The molecule has 0 atom stereocenters. The molecule has 0 saturated heterocycles. The molecule has 222 valence electrons. The van der Waals surface area contributed by atoms with Gasteiger partial charge in [-0.05, 0) is 82.2 Å². The molecular formula is C44H26N4. The van der Waals surface area contributed by atoms with Crippen molar-refractivity contribution in [2.75, 3.05) is 0 Å². The Morgan fingerprint density at radius 3 is 2.02 bits per heavy atom. The van der Waals surface area contributed by atoms with Gasteiger partial charge in [0.15, 0.2) is 0 Å². The van der Waals surface area contributed by atoms with E-state index in [0.29, 0.717) is 0 Å². The quantitative estimate of drug-likeness (QED) is 0.199. The second kappa shape index (κ2) is 9.50. The minimum atomic E-state index is 0.913. The zero-order valence-electron chi connectivity index (χ0n) is 25.8. The number of hydrogen-bond acceptors (Lipinski definition) is 2. The fourth-order valence-corrected chi connectivity index (χ4v) is 8.05. The Hall–Kier alpha value is -6.52. The summed E-state index contributed by atoms with van der Waals surface area (Å²) in [4.78, 5) is 9.86. The molecule has 4 nitrogen and oxygen atoms in total. The molecule has 0 N–H and O–H groups in total. The number of rotatable bonds is 3. The molecule has 48 heavy (non-hydrogen) atoms. The van der Waals surface area contributed by atoms with Crippen molar-refractivity contribution in [3.05, 3.63) is 158 Å².